The van der Waals surface area contributed by atoms with Crippen LogP contribution in [0.4, 0.5) is 8.78 Å². The second kappa shape index (κ2) is 7.42. The van der Waals surface area contributed by atoms with Crippen LogP contribution in [0.2, 0.25) is 0 Å². The van der Waals surface area contributed by atoms with Crippen LogP contribution in [0.25, 0.3) is 0 Å². The minimum Gasteiger partial charge on any atom is -0.344 e. The lowest BCUT2D eigenvalue weighted by molar-refractivity contribution is -0.132. The molecule has 1 heterocycles. The predicted molar refractivity (Wildman–Crippen MR) is 88.5 cm³/mol. The highest BCUT2D eigenvalue weighted by Gasteiger charge is 2.32. The molecular formula is C19H18F2N2O2. The zero-order valence-corrected chi connectivity index (χ0v) is 13.5. The van der Waals surface area contributed by atoms with E-state index in [1.807, 2.05) is 0 Å². The van der Waals surface area contributed by atoms with Crippen LogP contribution in [-0.4, -0.2) is 29.3 Å². The van der Waals surface area contributed by atoms with Gasteiger partial charge in [-0.05, 0) is 41.8 Å². The Bertz CT molecular complexity index is 777. The SMILES string of the molecule is O=C(Cc1cccc(F)c1)NC1CCN(Cc2ccc(F)cc2)C1=O. The van der Waals surface area contributed by atoms with Gasteiger partial charge in [0.15, 0.2) is 0 Å². The van der Waals surface area contributed by atoms with Gasteiger partial charge < -0.3 is 10.2 Å². The van der Waals surface area contributed by atoms with Crippen LogP contribution in [0, 0.1) is 11.6 Å². The Balaban J connectivity index is 1.54. The number of halogens is 2. The van der Waals surface area contributed by atoms with E-state index in [9.17, 15) is 18.4 Å². The van der Waals surface area contributed by atoms with Gasteiger partial charge in [0, 0.05) is 13.1 Å². The lowest BCUT2D eigenvalue weighted by Crippen LogP contribution is -2.41. The molecule has 3 rings (SSSR count). The summed E-state index contributed by atoms with van der Waals surface area (Å²) in [5.74, 6) is -1.18. The third-order valence-electron chi connectivity index (χ3n) is 4.17. The number of benzene rings is 2. The van der Waals surface area contributed by atoms with E-state index in [0.717, 1.165) is 5.56 Å². The first-order valence-electron chi connectivity index (χ1n) is 8.08. The minimum absolute atomic E-state index is 0.0273. The van der Waals surface area contributed by atoms with E-state index in [1.165, 1.54) is 24.3 Å². The molecular weight excluding hydrogens is 326 g/mol. The molecule has 0 aliphatic carbocycles. The van der Waals surface area contributed by atoms with Crippen LogP contribution in [0.5, 0.6) is 0 Å². The maximum absolute atomic E-state index is 13.2. The van der Waals surface area contributed by atoms with Gasteiger partial charge in [-0.2, -0.15) is 0 Å². The quantitative estimate of drug-likeness (QED) is 0.906. The molecule has 1 aliphatic heterocycles. The van der Waals surface area contributed by atoms with E-state index < -0.39 is 11.9 Å². The highest BCUT2D eigenvalue weighted by Crippen LogP contribution is 2.16. The van der Waals surface area contributed by atoms with Gasteiger partial charge in [0.1, 0.15) is 17.7 Å². The number of rotatable bonds is 5. The minimum atomic E-state index is -0.568. The summed E-state index contributed by atoms with van der Waals surface area (Å²) in [7, 11) is 0. The topological polar surface area (TPSA) is 49.4 Å². The molecule has 2 amide bonds. The van der Waals surface area contributed by atoms with Crippen LogP contribution in [0.3, 0.4) is 0 Å². The lowest BCUT2D eigenvalue weighted by Gasteiger charge is -2.17. The number of nitrogens with one attached hydrogen (secondary N) is 1. The van der Waals surface area contributed by atoms with Gasteiger partial charge in [0.2, 0.25) is 11.8 Å². The normalized spacial score (nSPS) is 17.0. The van der Waals surface area contributed by atoms with E-state index in [-0.39, 0.29) is 24.1 Å². The fourth-order valence-corrected chi connectivity index (χ4v) is 2.92. The molecule has 6 heteroatoms. The lowest BCUT2D eigenvalue weighted by atomic mass is 10.1. The van der Waals surface area contributed by atoms with Gasteiger partial charge in [-0.1, -0.05) is 24.3 Å². The Morgan fingerprint density at radius 2 is 1.84 bits per heavy atom. The fourth-order valence-electron chi connectivity index (χ4n) is 2.92. The van der Waals surface area contributed by atoms with Crippen LogP contribution >= 0.6 is 0 Å². The first kappa shape index (κ1) is 17.1. The molecule has 0 aromatic heterocycles. The molecule has 0 bridgehead atoms. The number of nitrogens with zero attached hydrogens (tertiary/aromatic N) is 1. The summed E-state index contributed by atoms with van der Waals surface area (Å²) in [5, 5.41) is 2.71. The predicted octanol–water partition coefficient (Wildman–Crippen LogP) is 2.42. The zero-order chi connectivity index (χ0) is 17.8. The fraction of sp³-hybridized carbons (Fsp3) is 0.263. The van der Waals surface area contributed by atoms with Crippen molar-refractivity contribution >= 4 is 11.8 Å². The summed E-state index contributed by atoms with van der Waals surface area (Å²) in [6.07, 6.45) is 0.550. The molecule has 0 spiro atoms. The summed E-state index contributed by atoms with van der Waals surface area (Å²) in [6.45, 7) is 0.913. The van der Waals surface area contributed by atoms with Crippen molar-refractivity contribution in [3.05, 3.63) is 71.3 Å². The molecule has 4 nitrogen and oxygen atoms in total. The molecule has 1 fully saturated rings. The third-order valence-corrected chi connectivity index (χ3v) is 4.17. The van der Waals surface area contributed by atoms with Crippen LogP contribution < -0.4 is 5.32 Å². The third kappa shape index (κ3) is 4.41. The summed E-state index contributed by atoms with van der Waals surface area (Å²) < 4.78 is 26.1. The Morgan fingerprint density at radius 3 is 2.56 bits per heavy atom. The Morgan fingerprint density at radius 1 is 1.08 bits per heavy atom. The molecule has 0 saturated carbocycles. The first-order chi connectivity index (χ1) is 12.0. The van der Waals surface area contributed by atoms with E-state index in [2.05, 4.69) is 5.32 Å². The highest BCUT2D eigenvalue weighted by molar-refractivity contribution is 5.89. The number of hydrogen-bond acceptors (Lipinski definition) is 2. The molecule has 1 aliphatic rings. The molecule has 1 N–H and O–H groups in total. The monoisotopic (exact) mass is 344 g/mol. The molecule has 1 saturated heterocycles. The number of hydrogen-bond donors (Lipinski definition) is 1. The largest absolute Gasteiger partial charge is 0.344 e. The maximum Gasteiger partial charge on any atom is 0.245 e. The van der Waals surface area contributed by atoms with E-state index in [1.54, 1.807) is 29.2 Å². The Hall–Kier alpha value is -2.76. The van der Waals surface area contributed by atoms with Crippen molar-refractivity contribution in [3.63, 3.8) is 0 Å². The molecule has 2 aromatic carbocycles. The van der Waals surface area contributed by atoms with Gasteiger partial charge in [-0.3, -0.25) is 9.59 Å². The molecule has 130 valence electrons. The number of likely N-dealkylation sites (tertiary alicyclic amines) is 1. The van der Waals surface area contributed by atoms with Crippen molar-refractivity contribution in [3.8, 4) is 0 Å². The smallest absolute Gasteiger partial charge is 0.245 e. The molecule has 25 heavy (non-hydrogen) atoms. The van der Waals surface area contributed by atoms with Crippen LogP contribution in [0.15, 0.2) is 48.5 Å². The number of carbonyl (C=O) groups excluding carboxylic acids is 2. The van der Waals surface area contributed by atoms with Crippen molar-refractivity contribution in [2.45, 2.75) is 25.4 Å². The van der Waals surface area contributed by atoms with Crippen LogP contribution in [0.1, 0.15) is 17.5 Å². The summed E-state index contributed by atoms with van der Waals surface area (Å²) in [5.41, 5.74) is 1.40. The summed E-state index contributed by atoms with van der Waals surface area (Å²) in [4.78, 5) is 26.1. The Kier molecular flexibility index (Phi) is 5.07. The number of carbonyl (C=O) groups is 2. The summed E-state index contributed by atoms with van der Waals surface area (Å²) >= 11 is 0. The summed E-state index contributed by atoms with van der Waals surface area (Å²) in [6, 6.07) is 11.2. The van der Waals surface area contributed by atoms with Gasteiger partial charge in [0.25, 0.3) is 0 Å². The van der Waals surface area contributed by atoms with Crippen molar-refractivity contribution in [2.75, 3.05) is 6.54 Å². The van der Waals surface area contributed by atoms with Crippen LogP contribution in [-0.2, 0) is 22.6 Å². The van der Waals surface area contributed by atoms with E-state index >= 15 is 0 Å². The number of amides is 2. The van der Waals surface area contributed by atoms with E-state index in [0.29, 0.717) is 25.1 Å². The highest BCUT2D eigenvalue weighted by atomic mass is 19.1. The van der Waals surface area contributed by atoms with Crippen molar-refractivity contribution < 1.29 is 18.4 Å². The maximum atomic E-state index is 13.2. The van der Waals surface area contributed by atoms with Crippen molar-refractivity contribution in [2.24, 2.45) is 0 Å². The molecule has 2 aromatic rings. The van der Waals surface area contributed by atoms with Crippen molar-refractivity contribution in [1.82, 2.24) is 10.2 Å². The van der Waals surface area contributed by atoms with Gasteiger partial charge >= 0.3 is 0 Å². The zero-order valence-electron chi connectivity index (χ0n) is 13.5. The van der Waals surface area contributed by atoms with Crippen molar-refractivity contribution in [1.29, 1.82) is 0 Å². The molecule has 1 unspecified atom stereocenters. The second-order valence-electron chi connectivity index (χ2n) is 6.10. The van der Waals surface area contributed by atoms with Gasteiger partial charge in [-0.15, -0.1) is 0 Å². The first-order valence-corrected chi connectivity index (χ1v) is 8.08. The van der Waals surface area contributed by atoms with E-state index in [4.69, 9.17) is 0 Å². The molecule has 1 atom stereocenters. The molecule has 0 radical (unpaired) electrons. The average Bonchev–Trinajstić information content (AvgIpc) is 2.90. The standard InChI is InChI=1S/C19H18F2N2O2/c20-15-6-4-13(5-7-15)12-23-9-8-17(19(23)25)22-18(24)11-14-2-1-3-16(21)10-14/h1-7,10,17H,8-9,11-12H2,(H,22,24). The van der Waals surface area contributed by atoms with Gasteiger partial charge in [-0.25, -0.2) is 8.78 Å². The second-order valence-corrected chi connectivity index (χ2v) is 6.10. The Labute approximate surface area is 144 Å². The van der Waals surface area contributed by atoms with Gasteiger partial charge in [0.05, 0.1) is 6.42 Å². The average molecular weight is 344 g/mol.